The van der Waals surface area contributed by atoms with Crippen molar-refractivity contribution in [2.24, 2.45) is 0 Å². The van der Waals surface area contributed by atoms with Crippen LogP contribution in [0, 0.1) is 0 Å². The van der Waals surface area contributed by atoms with Crippen LogP contribution in [-0.4, -0.2) is 63.0 Å². The standard InChI is InChI=1S/C15H30N2O2/c1-2-17-9-6-14(7-10-17)16-8-4-11-18-13-15-5-3-12-19-15/h14-16H,2-13H2,1H3. The van der Waals surface area contributed by atoms with Gasteiger partial charge in [0.1, 0.15) is 0 Å². The minimum atomic E-state index is 0.367. The molecule has 4 nitrogen and oxygen atoms in total. The molecule has 2 heterocycles. The predicted octanol–water partition coefficient (Wildman–Crippen LogP) is 1.65. The SMILES string of the molecule is CCN1CCC(NCCCOCC2CCCO2)CC1. The van der Waals surface area contributed by atoms with Crippen molar-refractivity contribution in [2.45, 2.75) is 51.2 Å². The molecule has 1 unspecified atom stereocenters. The average Bonchev–Trinajstić information content (AvgIpc) is 2.96. The van der Waals surface area contributed by atoms with E-state index in [0.717, 1.165) is 38.8 Å². The van der Waals surface area contributed by atoms with Gasteiger partial charge in [0.2, 0.25) is 0 Å². The van der Waals surface area contributed by atoms with E-state index in [-0.39, 0.29) is 0 Å². The molecule has 2 saturated heterocycles. The van der Waals surface area contributed by atoms with Crippen LogP contribution < -0.4 is 5.32 Å². The number of likely N-dealkylation sites (tertiary alicyclic amines) is 1. The number of hydrogen-bond donors (Lipinski definition) is 1. The molecular weight excluding hydrogens is 240 g/mol. The molecule has 4 heteroatoms. The Balaban J connectivity index is 1.39. The Bertz CT molecular complexity index is 224. The van der Waals surface area contributed by atoms with Gasteiger partial charge in [-0.15, -0.1) is 0 Å². The second-order valence-corrected chi connectivity index (χ2v) is 5.73. The molecule has 112 valence electrons. The zero-order valence-corrected chi connectivity index (χ0v) is 12.4. The summed E-state index contributed by atoms with van der Waals surface area (Å²) >= 11 is 0. The van der Waals surface area contributed by atoms with Crippen molar-refractivity contribution >= 4 is 0 Å². The maximum Gasteiger partial charge on any atom is 0.0809 e. The van der Waals surface area contributed by atoms with Gasteiger partial charge in [-0.1, -0.05) is 6.92 Å². The predicted molar refractivity (Wildman–Crippen MR) is 77.5 cm³/mol. The molecule has 2 fully saturated rings. The Hall–Kier alpha value is -0.160. The fourth-order valence-corrected chi connectivity index (χ4v) is 2.92. The van der Waals surface area contributed by atoms with Crippen LogP contribution in [0.5, 0.6) is 0 Å². The van der Waals surface area contributed by atoms with Crippen molar-refractivity contribution in [2.75, 3.05) is 46.0 Å². The Morgan fingerprint density at radius 1 is 1.26 bits per heavy atom. The van der Waals surface area contributed by atoms with Crippen LogP contribution in [0.15, 0.2) is 0 Å². The first-order valence-corrected chi connectivity index (χ1v) is 8.03. The van der Waals surface area contributed by atoms with Gasteiger partial charge < -0.3 is 19.7 Å². The Kier molecular flexibility index (Phi) is 7.14. The van der Waals surface area contributed by atoms with Crippen molar-refractivity contribution in [1.82, 2.24) is 10.2 Å². The van der Waals surface area contributed by atoms with Gasteiger partial charge in [-0.25, -0.2) is 0 Å². The number of rotatable bonds is 8. The first kappa shape index (κ1) is 15.2. The van der Waals surface area contributed by atoms with Crippen molar-refractivity contribution in [3.8, 4) is 0 Å². The van der Waals surface area contributed by atoms with E-state index in [9.17, 15) is 0 Å². The third-order valence-corrected chi connectivity index (χ3v) is 4.26. The van der Waals surface area contributed by atoms with Crippen LogP contribution in [0.3, 0.4) is 0 Å². The molecule has 1 atom stereocenters. The highest BCUT2D eigenvalue weighted by atomic mass is 16.5. The Morgan fingerprint density at radius 2 is 2.11 bits per heavy atom. The molecular formula is C15H30N2O2. The number of piperidine rings is 1. The molecule has 0 amide bonds. The molecule has 0 saturated carbocycles. The van der Waals surface area contributed by atoms with E-state index in [1.54, 1.807) is 0 Å². The lowest BCUT2D eigenvalue weighted by atomic mass is 10.1. The zero-order valence-electron chi connectivity index (χ0n) is 12.4. The van der Waals surface area contributed by atoms with Crippen molar-refractivity contribution < 1.29 is 9.47 Å². The van der Waals surface area contributed by atoms with Crippen molar-refractivity contribution in [1.29, 1.82) is 0 Å². The first-order valence-electron chi connectivity index (χ1n) is 8.03. The van der Waals surface area contributed by atoms with Crippen LogP contribution in [0.2, 0.25) is 0 Å². The van der Waals surface area contributed by atoms with Crippen LogP contribution in [0.25, 0.3) is 0 Å². The van der Waals surface area contributed by atoms with Gasteiger partial charge in [-0.3, -0.25) is 0 Å². The summed E-state index contributed by atoms with van der Waals surface area (Å²) in [6.07, 6.45) is 6.45. The molecule has 0 radical (unpaired) electrons. The van der Waals surface area contributed by atoms with Gasteiger partial charge in [0.15, 0.2) is 0 Å². The molecule has 19 heavy (non-hydrogen) atoms. The van der Waals surface area contributed by atoms with E-state index in [4.69, 9.17) is 9.47 Å². The molecule has 0 aromatic rings. The molecule has 2 aliphatic heterocycles. The lowest BCUT2D eigenvalue weighted by Crippen LogP contribution is -2.42. The molecule has 0 aromatic carbocycles. The van der Waals surface area contributed by atoms with Gasteiger partial charge in [0.05, 0.1) is 12.7 Å². The number of nitrogens with zero attached hydrogens (tertiary/aromatic N) is 1. The molecule has 0 spiro atoms. The fraction of sp³-hybridized carbons (Fsp3) is 1.00. The largest absolute Gasteiger partial charge is 0.379 e. The second-order valence-electron chi connectivity index (χ2n) is 5.73. The fourth-order valence-electron chi connectivity index (χ4n) is 2.92. The quantitative estimate of drug-likeness (QED) is 0.680. The monoisotopic (exact) mass is 270 g/mol. The van der Waals surface area contributed by atoms with E-state index in [2.05, 4.69) is 17.1 Å². The zero-order chi connectivity index (χ0) is 13.3. The highest BCUT2D eigenvalue weighted by Gasteiger charge is 2.17. The van der Waals surface area contributed by atoms with Crippen LogP contribution >= 0.6 is 0 Å². The topological polar surface area (TPSA) is 33.7 Å². The first-order chi connectivity index (χ1) is 9.38. The number of hydrogen-bond acceptors (Lipinski definition) is 4. The van der Waals surface area contributed by atoms with Gasteiger partial charge in [-0.2, -0.15) is 0 Å². The summed E-state index contributed by atoms with van der Waals surface area (Å²) in [5, 5.41) is 3.66. The molecule has 0 bridgehead atoms. The summed E-state index contributed by atoms with van der Waals surface area (Å²) in [7, 11) is 0. The molecule has 2 rings (SSSR count). The van der Waals surface area contributed by atoms with Gasteiger partial charge in [-0.05, 0) is 58.3 Å². The molecule has 0 aliphatic carbocycles. The van der Waals surface area contributed by atoms with Gasteiger partial charge >= 0.3 is 0 Å². The van der Waals surface area contributed by atoms with E-state index < -0.39 is 0 Å². The highest BCUT2D eigenvalue weighted by molar-refractivity contribution is 4.76. The Morgan fingerprint density at radius 3 is 2.79 bits per heavy atom. The van der Waals surface area contributed by atoms with Crippen LogP contribution in [-0.2, 0) is 9.47 Å². The summed E-state index contributed by atoms with van der Waals surface area (Å²) in [4.78, 5) is 2.53. The third-order valence-electron chi connectivity index (χ3n) is 4.26. The molecule has 0 aromatic heterocycles. The van der Waals surface area contributed by atoms with Gasteiger partial charge in [0, 0.05) is 19.3 Å². The third kappa shape index (κ3) is 5.78. The maximum absolute atomic E-state index is 5.67. The van der Waals surface area contributed by atoms with E-state index in [1.807, 2.05) is 0 Å². The van der Waals surface area contributed by atoms with E-state index >= 15 is 0 Å². The maximum atomic E-state index is 5.67. The average molecular weight is 270 g/mol. The smallest absolute Gasteiger partial charge is 0.0809 e. The second kappa shape index (κ2) is 8.90. The normalized spacial score (nSPS) is 26.1. The van der Waals surface area contributed by atoms with E-state index in [1.165, 1.54) is 45.3 Å². The minimum Gasteiger partial charge on any atom is -0.379 e. The van der Waals surface area contributed by atoms with Crippen molar-refractivity contribution in [3.63, 3.8) is 0 Å². The lowest BCUT2D eigenvalue weighted by molar-refractivity contribution is 0.0164. The summed E-state index contributed by atoms with van der Waals surface area (Å²) in [5.74, 6) is 0. The number of nitrogens with one attached hydrogen (secondary N) is 1. The van der Waals surface area contributed by atoms with Crippen LogP contribution in [0.4, 0.5) is 0 Å². The Labute approximate surface area is 117 Å². The minimum absolute atomic E-state index is 0.367. The lowest BCUT2D eigenvalue weighted by Gasteiger charge is -2.31. The summed E-state index contributed by atoms with van der Waals surface area (Å²) < 4.78 is 11.2. The van der Waals surface area contributed by atoms with Gasteiger partial charge in [0.25, 0.3) is 0 Å². The van der Waals surface area contributed by atoms with Crippen molar-refractivity contribution in [3.05, 3.63) is 0 Å². The highest BCUT2D eigenvalue weighted by Crippen LogP contribution is 2.12. The summed E-state index contributed by atoms with van der Waals surface area (Å²) in [6, 6.07) is 0.723. The molecule has 1 N–H and O–H groups in total. The molecule has 2 aliphatic rings. The van der Waals surface area contributed by atoms with E-state index in [0.29, 0.717) is 6.10 Å². The number of ether oxygens (including phenoxy) is 2. The summed E-state index contributed by atoms with van der Waals surface area (Å²) in [6.45, 7) is 9.61. The summed E-state index contributed by atoms with van der Waals surface area (Å²) in [5.41, 5.74) is 0. The van der Waals surface area contributed by atoms with Crippen LogP contribution in [0.1, 0.15) is 39.0 Å².